The van der Waals surface area contributed by atoms with Gasteiger partial charge in [-0.25, -0.2) is 18.4 Å². The largest absolute Gasteiger partial charge is 0.472 e. The molecular weight excluding hydrogens is 452 g/mol. The normalized spacial score (nSPS) is 26.1. The van der Waals surface area contributed by atoms with Crippen molar-refractivity contribution in [1.82, 2.24) is 14.8 Å². The van der Waals surface area contributed by atoms with E-state index >= 15 is 0 Å². The summed E-state index contributed by atoms with van der Waals surface area (Å²) >= 11 is 6.36. The monoisotopic (exact) mass is 479 g/mol. The molecule has 5 heterocycles. The van der Waals surface area contributed by atoms with Gasteiger partial charge in [0.2, 0.25) is 5.88 Å². The maximum atomic E-state index is 14.0. The lowest BCUT2D eigenvalue weighted by atomic mass is 9.98. The third-order valence-corrected chi connectivity index (χ3v) is 7.24. The number of halogens is 3. The van der Waals surface area contributed by atoms with Gasteiger partial charge >= 0.3 is 0 Å². The summed E-state index contributed by atoms with van der Waals surface area (Å²) in [7, 11) is 0. The number of anilines is 2. The highest BCUT2D eigenvalue weighted by Crippen LogP contribution is 2.46. The van der Waals surface area contributed by atoms with Gasteiger partial charge in [-0.05, 0) is 25.3 Å². The van der Waals surface area contributed by atoms with Gasteiger partial charge in [-0.1, -0.05) is 18.5 Å². The highest BCUT2D eigenvalue weighted by molar-refractivity contribution is 6.33. The van der Waals surface area contributed by atoms with Crippen molar-refractivity contribution in [2.24, 2.45) is 0 Å². The molecule has 2 bridgehead atoms. The topological polar surface area (TPSA) is 63.5 Å². The van der Waals surface area contributed by atoms with Crippen LogP contribution in [0.3, 0.4) is 0 Å². The Kier molecular flexibility index (Phi) is 5.93. The number of rotatable bonds is 6. The molecule has 3 aliphatic rings. The first-order valence-electron chi connectivity index (χ1n) is 11.6. The van der Waals surface area contributed by atoms with Gasteiger partial charge in [0.25, 0.3) is 11.5 Å². The third kappa shape index (κ3) is 4.39. The Hall–Kier alpha value is -2.42. The van der Waals surface area contributed by atoms with Crippen LogP contribution in [0, 0.1) is 0 Å². The first kappa shape index (κ1) is 22.4. The van der Waals surface area contributed by atoms with Crippen LogP contribution in [0.25, 0.3) is 0 Å². The number of ether oxygens (including phenoxy) is 1. The maximum Gasteiger partial charge on any atom is 0.287 e. The first-order valence-corrected chi connectivity index (χ1v) is 12.0. The zero-order chi connectivity index (χ0) is 23.2. The molecular formula is C23H28ClF2N5O2. The van der Waals surface area contributed by atoms with Crippen LogP contribution in [0.1, 0.15) is 45.4 Å². The Bertz CT molecular complexity index is 1070. The summed E-state index contributed by atoms with van der Waals surface area (Å²) in [4.78, 5) is 20.9. The van der Waals surface area contributed by atoms with Crippen molar-refractivity contribution in [1.29, 1.82) is 0 Å². The van der Waals surface area contributed by atoms with Crippen LogP contribution in [0.2, 0.25) is 5.02 Å². The van der Waals surface area contributed by atoms with Crippen LogP contribution in [0.4, 0.5) is 20.2 Å². The van der Waals surface area contributed by atoms with E-state index in [1.54, 1.807) is 12.4 Å². The number of aryl methyl sites for hydroxylation is 1. The summed E-state index contributed by atoms with van der Waals surface area (Å²) in [5.41, 5.74) is 1.23. The van der Waals surface area contributed by atoms with Gasteiger partial charge in [0, 0.05) is 62.4 Å². The highest BCUT2D eigenvalue weighted by atomic mass is 35.5. The molecule has 0 spiro atoms. The molecule has 10 heteroatoms. The molecule has 0 N–H and O–H groups in total. The number of piperidine rings is 1. The molecule has 0 radical (unpaired) electrons. The number of pyridine rings is 1. The molecule has 7 nitrogen and oxygen atoms in total. The second-order valence-electron chi connectivity index (χ2n) is 9.26. The molecule has 5 rings (SSSR count). The van der Waals surface area contributed by atoms with E-state index in [-0.39, 0.29) is 41.6 Å². The van der Waals surface area contributed by atoms with E-state index in [4.69, 9.17) is 16.3 Å². The second-order valence-corrected chi connectivity index (χ2v) is 9.63. The Labute approximate surface area is 196 Å². The summed E-state index contributed by atoms with van der Waals surface area (Å²) in [6.07, 6.45) is 6.16. The van der Waals surface area contributed by atoms with E-state index in [0.29, 0.717) is 31.2 Å². The number of fused-ring (bicyclic) bond motifs is 2. The zero-order valence-electron chi connectivity index (χ0n) is 18.6. The van der Waals surface area contributed by atoms with E-state index < -0.39 is 5.92 Å². The Balaban J connectivity index is 1.27. The molecule has 178 valence electrons. The number of aromatic nitrogens is 3. The average molecular weight is 480 g/mol. The highest BCUT2D eigenvalue weighted by Gasteiger charge is 2.49. The van der Waals surface area contributed by atoms with E-state index in [0.717, 1.165) is 31.4 Å². The number of alkyl halides is 2. The Morgan fingerprint density at radius 2 is 2.00 bits per heavy atom. The summed E-state index contributed by atoms with van der Waals surface area (Å²) in [6.45, 7) is 3.76. The van der Waals surface area contributed by atoms with Crippen LogP contribution in [0.5, 0.6) is 5.88 Å². The van der Waals surface area contributed by atoms with Gasteiger partial charge in [0.05, 0.1) is 18.4 Å². The lowest BCUT2D eigenvalue weighted by Crippen LogP contribution is -2.47. The predicted octanol–water partition coefficient (Wildman–Crippen LogP) is 4.13. The molecule has 0 saturated carbocycles. The molecule has 0 amide bonds. The van der Waals surface area contributed by atoms with Crippen molar-refractivity contribution < 1.29 is 13.5 Å². The van der Waals surface area contributed by atoms with E-state index in [2.05, 4.69) is 15.0 Å². The average Bonchev–Trinajstić information content (AvgIpc) is 3.34. The number of hydrogen-bond donors (Lipinski definition) is 0. The van der Waals surface area contributed by atoms with Crippen LogP contribution >= 0.6 is 11.6 Å². The molecule has 3 aliphatic heterocycles. The van der Waals surface area contributed by atoms with E-state index in [1.807, 2.05) is 24.0 Å². The lowest BCUT2D eigenvalue weighted by Gasteiger charge is -2.40. The van der Waals surface area contributed by atoms with Crippen molar-refractivity contribution in [2.45, 2.75) is 76.1 Å². The van der Waals surface area contributed by atoms with E-state index in [1.165, 1.54) is 4.68 Å². The third-order valence-electron chi connectivity index (χ3n) is 6.88. The number of hydrogen-bond acceptors (Lipinski definition) is 6. The molecule has 2 aromatic rings. The molecule has 33 heavy (non-hydrogen) atoms. The molecule has 2 unspecified atom stereocenters. The fourth-order valence-electron chi connectivity index (χ4n) is 5.44. The van der Waals surface area contributed by atoms with Crippen molar-refractivity contribution in [3.63, 3.8) is 0 Å². The zero-order valence-corrected chi connectivity index (χ0v) is 19.3. The van der Waals surface area contributed by atoms with Crippen molar-refractivity contribution >= 4 is 23.0 Å². The molecule has 3 atom stereocenters. The molecule has 2 aromatic heterocycles. The maximum absolute atomic E-state index is 14.0. The van der Waals surface area contributed by atoms with Gasteiger partial charge in [-0.3, -0.25) is 4.79 Å². The summed E-state index contributed by atoms with van der Waals surface area (Å²) < 4.78 is 35.5. The molecule has 3 fully saturated rings. The second kappa shape index (κ2) is 8.74. The van der Waals surface area contributed by atoms with Gasteiger partial charge in [0.15, 0.2) is 0 Å². The standard InChI is InChI=1S/C23H28ClF2N5O2/c1-2-8-30-22(32)21(24)19(13-28-30)29-9-6-18(14-29)33-20-10-15(5-7-27-20)31-16-3-4-17(31)12-23(25,26)11-16/h5,7,10,13,16-18H,2-4,6,8-9,11-12,14H2,1H3/t16?,17?,18-/m1/s1. The van der Waals surface area contributed by atoms with Gasteiger partial charge in [-0.15, -0.1) is 0 Å². The molecule has 0 aliphatic carbocycles. The molecule has 3 saturated heterocycles. The minimum absolute atomic E-state index is 0.0918. The van der Waals surface area contributed by atoms with Crippen LogP contribution < -0.4 is 20.1 Å². The minimum atomic E-state index is -2.57. The number of nitrogens with zero attached hydrogens (tertiary/aromatic N) is 5. The van der Waals surface area contributed by atoms with Crippen molar-refractivity contribution in [2.75, 3.05) is 22.9 Å². The molecule has 0 aromatic carbocycles. The quantitative estimate of drug-likeness (QED) is 0.621. The predicted molar refractivity (Wildman–Crippen MR) is 123 cm³/mol. The van der Waals surface area contributed by atoms with Gasteiger partial charge in [-0.2, -0.15) is 5.10 Å². The van der Waals surface area contributed by atoms with Crippen LogP contribution in [-0.2, 0) is 6.54 Å². The van der Waals surface area contributed by atoms with Crippen molar-refractivity contribution in [3.05, 3.63) is 39.9 Å². The SMILES string of the molecule is CCCn1ncc(N2CC[C@@H](Oc3cc(N4C5CCC4CC(F)(F)C5)ccn3)C2)c(Cl)c1=O. The Morgan fingerprint density at radius 1 is 1.24 bits per heavy atom. The van der Waals surface area contributed by atoms with Gasteiger partial charge in [0.1, 0.15) is 11.1 Å². The first-order chi connectivity index (χ1) is 15.8. The Morgan fingerprint density at radius 3 is 2.73 bits per heavy atom. The summed E-state index contributed by atoms with van der Waals surface area (Å²) in [6, 6.07) is 3.46. The van der Waals surface area contributed by atoms with E-state index in [9.17, 15) is 13.6 Å². The summed E-state index contributed by atoms with van der Waals surface area (Å²) in [5, 5.41) is 4.42. The lowest BCUT2D eigenvalue weighted by molar-refractivity contribution is -0.0357. The summed E-state index contributed by atoms with van der Waals surface area (Å²) in [5.74, 6) is -2.09. The van der Waals surface area contributed by atoms with Crippen LogP contribution in [-0.4, -0.2) is 52.0 Å². The fraction of sp³-hybridized carbons (Fsp3) is 0.609. The smallest absolute Gasteiger partial charge is 0.287 e. The minimum Gasteiger partial charge on any atom is -0.472 e. The van der Waals surface area contributed by atoms with Gasteiger partial charge < -0.3 is 14.5 Å². The fourth-order valence-corrected chi connectivity index (χ4v) is 5.71. The van der Waals surface area contributed by atoms with Crippen LogP contribution in [0.15, 0.2) is 29.3 Å². The van der Waals surface area contributed by atoms with Crippen molar-refractivity contribution in [3.8, 4) is 5.88 Å².